The molecule has 0 saturated carbocycles. The molecule has 0 fully saturated rings. The Bertz CT molecular complexity index is 1470. The second-order valence-corrected chi connectivity index (χ2v) is 10.4. The van der Waals surface area contributed by atoms with Crippen molar-refractivity contribution >= 4 is 17.5 Å². The number of hydrogen-bond acceptors (Lipinski definition) is 5. The van der Waals surface area contributed by atoms with Gasteiger partial charge in [0.25, 0.3) is 5.91 Å². The largest absolute Gasteiger partial charge is 0.333 e. The molecule has 5 rings (SSSR count). The molecule has 40 heavy (non-hydrogen) atoms. The van der Waals surface area contributed by atoms with Gasteiger partial charge in [-0.15, -0.1) is 0 Å². The van der Waals surface area contributed by atoms with E-state index >= 15 is 0 Å². The Hall–Kier alpha value is -4.30. The van der Waals surface area contributed by atoms with Crippen LogP contribution in [-0.2, 0) is 24.9 Å². The van der Waals surface area contributed by atoms with Gasteiger partial charge in [-0.05, 0) is 53.8 Å². The Morgan fingerprint density at radius 1 is 0.925 bits per heavy atom. The third kappa shape index (κ3) is 6.29. The normalized spacial score (nSPS) is 14.9. The molecular formula is C32H36N6O2. The first-order valence-corrected chi connectivity index (χ1v) is 13.8. The summed E-state index contributed by atoms with van der Waals surface area (Å²) in [4.78, 5) is 37.3. The minimum Gasteiger partial charge on any atom is -0.333 e. The number of rotatable bonds is 4. The second kappa shape index (κ2) is 12.3. The second-order valence-electron chi connectivity index (χ2n) is 10.4. The Morgan fingerprint density at radius 2 is 1.75 bits per heavy atom. The van der Waals surface area contributed by atoms with Crippen molar-refractivity contribution in [2.24, 2.45) is 7.05 Å². The van der Waals surface area contributed by atoms with Crippen molar-refractivity contribution in [2.45, 2.75) is 33.4 Å². The van der Waals surface area contributed by atoms with Gasteiger partial charge in [0.1, 0.15) is 0 Å². The molecule has 2 amide bonds. The van der Waals surface area contributed by atoms with Crippen LogP contribution < -0.4 is 4.90 Å². The van der Waals surface area contributed by atoms with Crippen LogP contribution in [0.4, 0.5) is 5.69 Å². The van der Waals surface area contributed by atoms with Crippen LogP contribution in [0.15, 0.2) is 79.3 Å². The number of anilines is 1. The molecule has 8 heteroatoms. The van der Waals surface area contributed by atoms with E-state index in [2.05, 4.69) is 45.3 Å². The molecule has 0 radical (unpaired) electrons. The van der Waals surface area contributed by atoms with Crippen LogP contribution in [0.1, 0.15) is 40.5 Å². The van der Waals surface area contributed by atoms with Crippen LogP contribution in [-0.4, -0.2) is 62.6 Å². The number of nitrogens with zero attached hydrogens (tertiary/aromatic N) is 6. The summed E-state index contributed by atoms with van der Waals surface area (Å²) in [5.41, 5.74) is 6.30. The first kappa shape index (κ1) is 27.3. The molecule has 0 saturated heterocycles. The molecule has 2 aromatic heterocycles. The number of pyridine rings is 1. The van der Waals surface area contributed by atoms with Gasteiger partial charge in [-0.2, -0.15) is 5.10 Å². The maximum atomic E-state index is 14.0. The highest BCUT2D eigenvalue weighted by Crippen LogP contribution is 2.30. The van der Waals surface area contributed by atoms with Crippen molar-refractivity contribution in [3.8, 4) is 11.1 Å². The van der Waals surface area contributed by atoms with Gasteiger partial charge in [-0.25, -0.2) is 0 Å². The third-order valence-electron chi connectivity index (χ3n) is 7.43. The number of aryl methyl sites for hydroxylation is 2. The molecule has 1 aliphatic rings. The summed E-state index contributed by atoms with van der Waals surface area (Å²) in [6.45, 7) is 7.33. The Morgan fingerprint density at radius 3 is 2.45 bits per heavy atom. The Labute approximate surface area is 235 Å². The number of amides is 2. The minimum absolute atomic E-state index is 0.00906. The van der Waals surface area contributed by atoms with Crippen LogP contribution in [0.3, 0.4) is 0 Å². The topological polar surface area (TPSA) is 74.6 Å². The van der Waals surface area contributed by atoms with E-state index in [0.29, 0.717) is 30.9 Å². The summed E-state index contributed by atoms with van der Waals surface area (Å²) < 4.78 is 1.68. The van der Waals surface area contributed by atoms with Gasteiger partial charge in [0.2, 0.25) is 5.91 Å². The van der Waals surface area contributed by atoms with E-state index in [4.69, 9.17) is 0 Å². The zero-order chi connectivity index (χ0) is 28.1. The average Bonchev–Trinajstić information content (AvgIpc) is 3.29. The molecule has 4 aromatic rings. The quantitative estimate of drug-likeness (QED) is 0.378. The lowest BCUT2D eigenvalue weighted by molar-refractivity contribution is -0.116. The molecule has 0 spiro atoms. The van der Waals surface area contributed by atoms with Crippen molar-refractivity contribution in [3.63, 3.8) is 0 Å². The lowest BCUT2D eigenvalue weighted by atomic mass is 10.0. The third-order valence-corrected chi connectivity index (χ3v) is 7.43. The summed E-state index contributed by atoms with van der Waals surface area (Å²) in [6.07, 6.45) is 6.20. The number of hydrogen-bond donors (Lipinski definition) is 0. The van der Waals surface area contributed by atoms with E-state index in [0.717, 1.165) is 48.4 Å². The van der Waals surface area contributed by atoms with Crippen molar-refractivity contribution in [1.82, 2.24) is 24.6 Å². The van der Waals surface area contributed by atoms with E-state index in [9.17, 15) is 9.59 Å². The first-order valence-electron chi connectivity index (χ1n) is 13.8. The van der Waals surface area contributed by atoms with E-state index in [1.807, 2.05) is 60.3 Å². The number of benzene rings is 2. The van der Waals surface area contributed by atoms with Gasteiger partial charge < -0.3 is 9.80 Å². The van der Waals surface area contributed by atoms with Crippen LogP contribution in [0.2, 0.25) is 0 Å². The Kier molecular flexibility index (Phi) is 8.36. The highest BCUT2D eigenvalue weighted by molar-refractivity contribution is 5.96. The van der Waals surface area contributed by atoms with E-state index < -0.39 is 0 Å². The van der Waals surface area contributed by atoms with Gasteiger partial charge in [0.15, 0.2) is 0 Å². The molecule has 2 aromatic carbocycles. The smallest absolute Gasteiger partial charge is 0.257 e. The fourth-order valence-electron chi connectivity index (χ4n) is 5.40. The van der Waals surface area contributed by atoms with Gasteiger partial charge in [0.05, 0.1) is 11.3 Å². The van der Waals surface area contributed by atoms with Gasteiger partial charge in [-0.1, -0.05) is 42.5 Å². The average molecular weight is 537 g/mol. The zero-order valence-corrected chi connectivity index (χ0v) is 23.5. The van der Waals surface area contributed by atoms with Gasteiger partial charge in [0, 0.05) is 77.5 Å². The maximum absolute atomic E-state index is 14.0. The molecule has 0 unspecified atom stereocenters. The van der Waals surface area contributed by atoms with Crippen LogP contribution in [0.5, 0.6) is 0 Å². The molecule has 0 atom stereocenters. The maximum Gasteiger partial charge on any atom is 0.257 e. The number of carbonyl (C=O) groups excluding carboxylic acids is 2. The van der Waals surface area contributed by atoms with E-state index in [1.54, 1.807) is 24.0 Å². The van der Waals surface area contributed by atoms with E-state index in [1.165, 1.54) is 5.56 Å². The molecule has 8 nitrogen and oxygen atoms in total. The zero-order valence-electron chi connectivity index (χ0n) is 23.5. The highest BCUT2D eigenvalue weighted by atomic mass is 16.2. The number of aromatic nitrogens is 3. The van der Waals surface area contributed by atoms with Gasteiger partial charge in [-0.3, -0.25) is 24.2 Å². The first-order chi connectivity index (χ1) is 19.4. The molecule has 1 aliphatic heterocycles. The summed E-state index contributed by atoms with van der Waals surface area (Å²) in [5, 5.41) is 4.42. The summed E-state index contributed by atoms with van der Waals surface area (Å²) in [5.74, 6) is -0.0678. The fraction of sp³-hybridized carbons (Fsp3) is 0.312. The van der Waals surface area contributed by atoms with Gasteiger partial charge >= 0.3 is 0 Å². The van der Waals surface area contributed by atoms with Crippen molar-refractivity contribution in [3.05, 3.63) is 102 Å². The van der Waals surface area contributed by atoms with E-state index in [-0.39, 0.29) is 11.8 Å². The summed E-state index contributed by atoms with van der Waals surface area (Å²) >= 11 is 0. The molecule has 0 N–H and O–H groups in total. The molecule has 0 bridgehead atoms. The predicted octanol–water partition coefficient (Wildman–Crippen LogP) is 4.69. The SMILES string of the molecule is CC(=O)N1CCCN(Cc2ccccc2)CCN(C(=O)c2cn(C)nc2C)Cc2cc(-c3cccnc3)ccc21. The van der Waals surface area contributed by atoms with Crippen LogP contribution >= 0.6 is 0 Å². The molecule has 206 valence electrons. The Balaban J connectivity index is 1.55. The summed E-state index contributed by atoms with van der Waals surface area (Å²) in [7, 11) is 1.83. The van der Waals surface area contributed by atoms with Crippen molar-refractivity contribution in [2.75, 3.05) is 31.1 Å². The fourth-order valence-corrected chi connectivity index (χ4v) is 5.40. The minimum atomic E-state index is -0.0587. The van der Waals surface area contributed by atoms with Crippen molar-refractivity contribution < 1.29 is 9.59 Å². The predicted molar refractivity (Wildman–Crippen MR) is 157 cm³/mol. The van der Waals surface area contributed by atoms with Crippen molar-refractivity contribution in [1.29, 1.82) is 0 Å². The lowest BCUT2D eigenvalue weighted by Crippen LogP contribution is -2.38. The lowest BCUT2D eigenvalue weighted by Gasteiger charge is -2.28. The van der Waals surface area contributed by atoms with Crippen LogP contribution in [0, 0.1) is 6.92 Å². The highest BCUT2D eigenvalue weighted by Gasteiger charge is 2.25. The molecule has 0 aliphatic carbocycles. The monoisotopic (exact) mass is 536 g/mol. The van der Waals surface area contributed by atoms with Crippen LogP contribution in [0.25, 0.3) is 11.1 Å². The molecular weight excluding hydrogens is 500 g/mol. The number of fused-ring (bicyclic) bond motifs is 1. The standard InChI is InChI=1S/C32H36N6O2/c1-24-30(23-35(3)34-24)32(40)37-18-17-36(21-26-9-5-4-6-10-26)15-8-16-38(25(2)39)31-13-12-27(19-29(31)22-37)28-11-7-14-33-20-28/h4-7,9-14,19-20,23H,8,15-18,21-22H2,1-3H3. The number of carbonyl (C=O) groups is 2. The molecule has 3 heterocycles. The summed E-state index contributed by atoms with van der Waals surface area (Å²) in [6, 6.07) is 20.5.